The van der Waals surface area contributed by atoms with Crippen LogP contribution in [0.2, 0.25) is 0 Å². The number of nitrogens with one attached hydrogen (secondary N) is 2. The van der Waals surface area contributed by atoms with Gasteiger partial charge in [-0.05, 0) is 49.2 Å². The van der Waals surface area contributed by atoms with Crippen LogP contribution in [0, 0.1) is 5.92 Å². The second kappa shape index (κ2) is 8.49. The van der Waals surface area contributed by atoms with E-state index >= 15 is 0 Å². The summed E-state index contributed by atoms with van der Waals surface area (Å²) < 4.78 is 0. The van der Waals surface area contributed by atoms with E-state index in [4.69, 9.17) is 0 Å². The highest BCUT2D eigenvalue weighted by molar-refractivity contribution is 5.96. The molecule has 2 aromatic rings. The molecule has 3 rings (SSSR count). The first kappa shape index (κ1) is 18.6. The Balaban J connectivity index is 1.53. The van der Waals surface area contributed by atoms with Crippen molar-refractivity contribution in [3.8, 4) is 0 Å². The van der Waals surface area contributed by atoms with Gasteiger partial charge in [0.15, 0.2) is 0 Å². The molecule has 6 nitrogen and oxygen atoms in total. The summed E-state index contributed by atoms with van der Waals surface area (Å²) in [6.07, 6.45) is 1.29. The van der Waals surface area contributed by atoms with Gasteiger partial charge in [-0.3, -0.25) is 14.4 Å². The molecule has 1 aliphatic heterocycles. The van der Waals surface area contributed by atoms with Gasteiger partial charge < -0.3 is 15.5 Å². The Morgan fingerprint density at radius 3 is 2.04 bits per heavy atom. The molecule has 27 heavy (non-hydrogen) atoms. The van der Waals surface area contributed by atoms with Crippen molar-refractivity contribution in [1.82, 2.24) is 4.90 Å². The highest BCUT2D eigenvalue weighted by Crippen LogP contribution is 2.21. The van der Waals surface area contributed by atoms with Crippen LogP contribution in [0.25, 0.3) is 0 Å². The maximum atomic E-state index is 12.6. The molecule has 1 saturated heterocycles. The SMILES string of the molecule is CC(=O)Nc1ccc(C(=O)N2CCC(C(=O)Nc3ccccc3)CC2)cc1. The molecule has 140 valence electrons. The fourth-order valence-corrected chi connectivity index (χ4v) is 3.19. The number of carbonyl (C=O) groups excluding carboxylic acids is 3. The fraction of sp³-hybridized carbons (Fsp3) is 0.286. The van der Waals surface area contributed by atoms with Gasteiger partial charge in [-0.1, -0.05) is 18.2 Å². The van der Waals surface area contributed by atoms with E-state index in [0.717, 1.165) is 5.69 Å². The van der Waals surface area contributed by atoms with Gasteiger partial charge in [0.1, 0.15) is 0 Å². The van der Waals surface area contributed by atoms with Crippen LogP contribution in [-0.2, 0) is 9.59 Å². The summed E-state index contributed by atoms with van der Waals surface area (Å²) >= 11 is 0. The number of amides is 3. The lowest BCUT2D eigenvalue weighted by atomic mass is 9.95. The van der Waals surface area contributed by atoms with Crippen molar-refractivity contribution >= 4 is 29.1 Å². The Bertz CT molecular complexity index is 810. The van der Waals surface area contributed by atoms with Gasteiger partial charge in [0.2, 0.25) is 11.8 Å². The van der Waals surface area contributed by atoms with Gasteiger partial charge in [-0.15, -0.1) is 0 Å². The monoisotopic (exact) mass is 365 g/mol. The molecule has 3 amide bonds. The number of hydrogen-bond acceptors (Lipinski definition) is 3. The van der Waals surface area contributed by atoms with Crippen molar-refractivity contribution < 1.29 is 14.4 Å². The Morgan fingerprint density at radius 1 is 0.852 bits per heavy atom. The number of benzene rings is 2. The van der Waals surface area contributed by atoms with Crippen molar-refractivity contribution in [2.24, 2.45) is 5.92 Å². The largest absolute Gasteiger partial charge is 0.339 e. The number of carbonyl (C=O) groups is 3. The molecule has 1 heterocycles. The Morgan fingerprint density at radius 2 is 1.44 bits per heavy atom. The lowest BCUT2D eigenvalue weighted by molar-refractivity contribution is -0.121. The Kier molecular flexibility index (Phi) is 5.86. The fourth-order valence-electron chi connectivity index (χ4n) is 3.19. The first-order valence-electron chi connectivity index (χ1n) is 9.06. The van der Waals surface area contributed by atoms with Gasteiger partial charge in [0.25, 0.3) is 5.91 Å². The summed E-state index contributed by atoms with van der Waals surface area (Å²) in [5, 5.41) is 5.61. The predicted molar refractivity (Wildman–Crippen MR) is 104 cm³/mol. The molecule has 0 atom stereocenters. The first-order valence-corrected chi connectivity index (χ1v) is 9.06. The lowest BCUT2D eigenvalue weighted by Gasteiger charge is -2.31. The normalized spacial score (nSPS) is 14.5. The van der Waals surface area contributed by atoms with Gasteiger partial charge >= 0.3 is 0 Å². The van der Waals surface area contributed by atoms with Gasteiger partial charge in [0, 0.05) is 42.9 Å². The van der Waals surface area contributed by atoms with Crippen LogP contribution in [0.4, 0.5) is 11.4 Å². The molecule has 0 bridgehead atoms. The zero-order valence-electron chi connectivity index (χ0n) is 15.3. The van der Waals surface area contributed by atoms with Crippen LogP contribution in [0.15, 0.2) is 54.6 Å². The Labute approximate surface area is 158 Å². The van der Waals surface area contributed by atoms with Crippen molar-refractivity contribution in [2.45, 2.75) is 19.8 Å². The molecule has 0 radical (unpaired) electrons. The molecule has 6 heteroatoms. The summed E-state index contributed by atoms with van der Waals surface area (Å²) in [7, 11) is 0. The van der Waals surface area contributed by atoms with E-state index in [2.05, 4.69) is 10.6 Å². The van der Waals surface area contributed by atoms with E-state index in [0.29, 0.717) is 37.2 Å². The first-order chi connectivity index (χ1) is 13.0. The number of para-hydroxylation sites is 1. The molecule has 0 spiro atoms. The number of anilines is 2. The minimum absolute atomic E-state index is 0.00737. The summed E-state index contributed by atoms with van der Waals surface area (Å²) in [5.74, 6) is -0.277. The minimum atomic E-state index is -0.148. The zero-order valence-corrected chi connectivity index (χ0v) is 15.3. The molecule has 1 aliphatic rings. The summed E-state index contributed by atoms with van der Waals surface area (Å²) in [5.41, 5.74) is 2.03. The van der Waals surface area contributed by atoms with Crippen molar-refractivity contribution in [3.05, 3.63) is 60.2 Å². The van der Waals surface area contributed by atoms with Gasteiger partial charge in [-0.25, -0.2) is 0 Å². The van der Waals surface area contributed by atoms with Crippen LogP contribution in [0.1, 0.15) is 30.1 Å². The second-order valence-corrected chi connectivity index (χ2v) is 6.68. The number of piperidine rings is 1. The maximum Gasteiger partial charge on any atom is 0.253 e. The van der Waals surface area contributed by atoms with E-state index in [1.165, 1.54) is 6.92 Å². The summed E-state index contributed by atoms with van der Waals surface area (Å²) in [4.78, 5) is 37.9. The summed E-state index contributed by atoms with van der Waals surface area (Å²) in [6, 6.07) is 16.3. The minimum Gasteiger partial charge on any atom is -0.339 e. The van der Waals surface area contributed by atoms with Gasteiger partial charge in [-0.2, -0.15) is 0 Å². The number of likely N-dealkylation sites (tertiary alicyclic amines) is 1. The highest BCUT2D eigenvalue weighted by atomic mass is 16.2. The van der Waals surface area contributed by atoms with Crippen LogP contribution < -0.4 is 10.6 Å². The van der Waals surface area contributed by atoms with E-state index in [9.17, 15) is 14.4 Å². The molecule has 0 aliphatic carbocycles. The third-order valence-corrected chi connectivity index (χ3v) is 4.65. The number of rotatable bonds is 4. The average Bonchev–Trinajstić information content (AvgIpc) is 2.68. The summed E-state index contributed by atoms with van der Waals surface area (Å²) in [6.45, 7) is 2.55. The molecule has 2 N–H and O–H groups in total. The van der Waals surface area contributed by atoms with Gasteiger partial charge in [0.05, 0.1) is 0 Å². The zero-order chi connectivity index (χ0) is 19.2. The smallest absolute Gasteiger partial charge is 0.253 e. The van der Waals surface area contributed by atoms with E-state index in [1.807, 2.05) is 30.3 Å². The van der Waals surface area contributed by atoms with Crippen LogP contribution >= 0.6 is 0 Å². The van der Waals surface area contributed by atoms with Crippen LogP contribution in [-0.4, -0.2) is 35.7 Å². The topological polar surface area (TPSA) is 78.5 Å². The lowest BCUT2D eigenvalue weighted by Crippen LogP contribution is -2.41. The standard InChI is InChI=1S/C21H23N3O3/c1-15(25)22-19-9-7-17(8-10-19)21(27)24-13-11-16(12-14-24)20(26)23-18-5-3-2-4-6-18/h2-10,16H,11-14H2,1H3,(H,22,25)(H,23,26). The predicted octanol–water partition coefficient (Wildman–Crippen LogP) is 3.14. The van der Waals surface area contributed by atoms with E-state index in [-0.39, 0.29) is 23.6 Å². The molecule has 1 fully saturated rings. The number of hydrogen-bond donors (Lipinski definition) is 2. The van der Waals surface area contributed by atoms with Crippen LogP contribution in [0.5, 0.6) is 0 Å². The highest BCUT2D eigenvalue weighted by Gasteiger charge is 2.27. The molecular weight excluding hydrogens is 342 g/mol. The van der Waals surface area contributed by atoms with Crippen molar-refractivity contribution in [1.29, 1.82) is 0 Å². The third-order valence-electron chi connectivity index (χ3n) is 4.65. The van der Waals surface area contributed by atoms with Crippen molar-refractivity contribution in [2.75, 3.05) is 23.7 Å². The average molecular weight is 365 g/mol. The molecule has 0 saturated carbocycles. The Hall–Kier alpha value is -3.15. The maximum absolute atomic E-state index is 12.6. The van der Waals surface area contributed by atoms with Crippen molar-refractivity contribution in [3.63, 3.8) is 0 Å². The second-order valence-electron chi connectivity index (χ2n) is 6.68. The third kappa shape index (κ3) is 4.94. The quantitative estimate of drug-likeness (QED) is 0.874. The molecule has 0 unspecified atom stereocenters. The molecule has 2 aromatic carbocycles. The van der Waals surface area contributed by atoms with E-state index in [1.54, 1.807) is 29.2 Å². The van der Waals surface area contributed by atoms with Crippen LogP contribution in [0.3, 0.4) is 0 Å². The molecular formula is C21H23N3O3. The van der Waals surface area contributed by atoms with E-state index < -0.39 is 0 Å². The number of nitrogens with zero attached hydrogens (tertiary/aromatic N) is 1. The molecule has 0 aromatic heterocycles.